The van der Waals surface area contributed by atoms with Crippen molar-refractivity contribution in [2.75, 3.05) is 6.54 Å². The van der Waals surface area contributed by atoms with Crippen molar-refractivity contribution < 1.29 is 9.72 Å². The van der Waals surface area contributed by atoms with Crippen LogP contribution in [0.1, 0.15) is 37.0 Å². The molecule has 23 heavy (non-hydrogen) atoms. The monoisotopic (exact) mass is 316 g/mol. The zero-order chi connectivity index (χ0) is 16.8. The van der Waals surface area contributed by atoms with Gasteiger partial charge in [0.15, 0.2) is 0 Å². The van der Waals surface area contributed by atoms with Gasteiger partial charge in [-0.05, 0) is 30.9 Å². The third kappa shape index (κ3) is 4.38. The second-order valence-electron chi connectivity index (χ2n) is 5.72. The second-order valence-corrected chi connectivity index (χ2v) is 5.72. The second kappa shape index (κ2) is 7.53. The molecule has 7 nitrogen and oxygen atoms in total. The van der Waals surface area contributed by atoms with E-state index >= 15 is 0 Å². The Hall–Kier alpha value is -2.70. The van der Waals surface area contributed by atoms with Crippen LogP contribution in [-0.4, -0.2) is 26.9 Å². The molecule has 0 atom stereocenters. The normalized spacial score (nSPS) is 10.7. The van der Waals surface area contributed by atoms with E-state index in [1.165, 1.54) is 12.4 Å². The lowest BCUT2D eigenvalue weighted by Crippen LogP contribution is -2.24. The molecular weight excluding hydrogens is 296 g/mol. The molecule has 7 heteroatoms. The highest BCUT2D eigenvalue weighted by molar-refractivity contribution is 5.95. The summed E-state index contributed by atoms with van der Waals surface area (Å²) in [5.74, 6) is 0.288. The van der Waals surface area contributed by atoms with E-state index in [1.807, 2.05) is 0 Å². The molecule has 1 aromatic heterocycles. The summed E-state index contributed by atoms with van der Waals surface area (Å²) in [6, 6.07) is 4.44. The molecule has 1 heterocycles. The number of nitrogens with zero attached hydrogens (tertiary/aromatic N) is 3. The molecule has 1 amide bonds. The van der Waals surface area contributed by atoms with Gasteiger partial charge in [0, 0.05) is 30.6 Å². The van der Waals surface area contributed by atoms with Crippen LogP contribution in [0.4, 0.5) is 5.69 Å². The van der Waals surface area contributed by atoms with E-state index in [2.05, 4.69) is 24.1 Å². The van der Waals surface area contributed by atoms with Gasteiger partial charge in [0.05, 0.1) is 11.3 Å². The average Bonchev–Trinajstić information content (AvgIpc) is 3.04. The van der Waals surface area contributed by atoms with Crippen LogP contribution < -0.4 is 5.32 Å². The fraction of sp³-hybridized carbons (Fsp3) is 0.375. The lowest BCUT2D eigenvalue weighted by atomic mass is 10.1. The summed E-state index contributed by atoms with van der Waals surface area (Å²) in [7, 11) is 0. The number of nitrogens with one attached hydrogen (secondary N) is 1. The quantitative estimate of drug-likeness (QED) is 0.483. The first-order valence-electron chi connectivity index (χ1n) is 7.54. The summed E-state index contributed by atoms with van der Waals surface area (Å²) in [6.07, 6.45) is 6.56. The summed E-state index contributed by atoms with van der Waals surface area (Å²) in [5.41, 5.74) is 0.534. The number of nitro benzene ring substituents is 1. The van der Waals surface area contributed by atoms with E-state index < -0.39 is 4.92 Å². The molecule has 0 saturated carbocycles. The fourth-order valence-corrected chi connectivity index (χ4v) is 2.25. The molecule has 2 aromatic rings. The summed E-state index contributed by atoms with van der Waals surface area (Å²) in [5, 5.41) is 14.1. The van der Waals surface area contributed by atoms with E-state index in [4.69, 9.17) is 0 Å². The molecule has 0 aliphatic carbocycles. The van der Waals surface area contributed by atoms with Crippen molar-refractivity contribution in [3.8, 4) is 5.69 Å². The van der Waals surface area contributed by atoms with Gasteiger partial charge in [-0.15, -0.1) is 0 Å². The van der Waals surface area contributed by atoms with E-state index in [-0.39, 0.29) is 17.2 Å². The van der Waals surface area contributed by atoms with Crippen molar-refractivity contribution in [1.29, 1.82) is 0 Å². The Morgan fingerprint density at radius 2 is 2.22 bits per heavy atom. The SMILES string of the molecule is CC(C)CCCNC(=O)c1ccc(-n2ccnc2)c([N+](=O)[O-])c1. The highest BCUT2D eigenvalue weighted by atomic mass is 16.6. The molecule has 0 aliphatic rings. The first kappa shape index (κ1) is 16.7. The minimum absolute atomic E-state index is 0.127. The van der Waals surface area contributed by atoms with Gasteiger partial charge in [0.25, 0.3) is 11.6 Å². The maximum absolute atomic E-state index is 12.1. The smallest absolute Gasteiger partial charge is 0.294 e. The zero-order valence-corrected chi connectivity index (χ0v) is 13.2. The van der Waals surface area contributed by atoms with Crippen molar-refractivity contribution in [1.82, 2.24) is 14.9 Å². The molecule has 122 valence electrons. The Kier molecular flexibility index (Phi) is 5.46. The van der Waals surface area contributed by atoms with Crippen LogP contribution in [0.3, 0.4) is 0 Å². The van der Waals surface area contributed by atoms with Crippen molar-refractivity contribution in [3.63, 3.8) is 0 Å². The largest absolute Gasteiger partial charge is 0.352 e. The van der Waals surface area contributed by atoms with Gasteiger partial charge in [-0.1, -0.05) is 13.8 Å². The molecule has 0 spiro atoms. The minimum Gasteiger partial charge on any atom is -0.352 e. The maximum Gasteiger partial charge on any atom is 0.294 e. The number of hydrogen-bond donors (Lipinski definition) is 1. The number of aromatic nitrogens is 2. The first-order valence-corrected chi connectivity index (χ1v) is 7.54. The number of nitro groups is 1. The number of carbonyl (C=O) groups excluding carboxylic acids is 1. The average molecular weight is 316 g/mol. The molecule has 0 saturated heterocycles. The summed E-state index contributed by atoms with van der Waals surface area (Å²) < 4.78 is 1.54. The Bertz CT molecular complexity index is 681. The van der Waals surface area contributed by atoms with Crippen molar-refractivity contribution in [2.45, 2.75) is 26.7 Å². The lowest BCUT2D eigenvalue weighted by molar-refractivity contribution is -0.384. The van der Waals surface area contributed by atoms with E-state index in [0.717, 1.165) is 12.8 Å². The highest BCUT2D eigenvalue weighted by Crippen LogP contribution is 2.24. The van der Waals surface area contributed by atoms with Crippen molar-refractivity contribution >= 4 is 11.6 Å². The summed E-state index contributed by atoms with van der Waals surface area (Å²) in [4.78, 5) is 26.8. The van der Waals surface area contributed by atoms with E-state index in [9.17, 15) is 14.9 Å². The van der Waals surface area contributed by atoms with E-state index in [0.29, 0.717) is 18.2 Å². The fourth-order valence-electron chi connectivity index (χ4n) is 2.25. The van der Waals surface area contributed by atoms with Crippen LogP contribution in [0, 0.1) is 16.0 Å². The number of imidazole rings is 1. The molecule has 0 bridgehead atoms. The molecule has 0 aliphatic heterocycles. The topological polar surface area (TPSA) is 90.1 Å². The molecule has 2 rings (SSSR count). The standard InChI is InChI=1S/C16H20N4O3/c1-12(2)4-3-7-18-16(21)13-5-6-14(15(10-13)20(22)23)19-9-8-17-11-19/h5-6,8-12H,3-4,7H2,1-2H3,(H,18,21). The number of amides is 1. The van der Waals surface area contributed by atoms with Gasteiger partial charge in [-0.3, -0.25) is 14.9 Å². The van der Waals surface area contributed by atoms with Crippen LogP contribution in [-0.2, 0) is 0 Å². The third-order valence-corrected chi connectivity index (χ3v) is 3.46. The first-order chi connectivity index (χ1) is 11.0. The van der Waals surface area contributed by atoms with Crippen LogP contribution in [0.2, 0.25) is 0 Å². The molecule has 0 radical (unpaired) electrons. The number of rotatable bonds is 7. The van der Waals surface area contributed by atoms with Crippen LogP contribution in [0.5, 0.6) is 0 Å². The molecule has 1 aromatic carbocycles. The molecule has 0 fully saturated rings. The number of carbonyl (C=O) groups is 1. The van der Waals surface area contributed by atoms with Gasteiger partial charge in [0.2, 0.25) is 0 Å². The van der Waals surface area contributed by atoms with E-state index in [1.54, 1.807) is 29.1 Å². The molecular formula is C16H20N4O3. The van der Waals surface area contributed by atoms with Crippen molar-refractivity contribution in [3.05, 3.63) is 52.6 Å². The zero-order valence-electron chi connectivity index (χ0n) is 13.2. The Labute approximate surface area is 134 Å². The summed E-state index contributed by atoms with van der Waals surface area (Å²) in [6.45, 7) is 4.81. The number of hydrogen-bond acceptors (Lipinski definition) is 4. The van der Waals surface area contributed by atoms with Crippen LogP contribution in [0.25, 0.3) is 5.69 Å². The Morgan fingerprint density at radius 3 is 2.83 bits per heavy atom. The van der Waals surface area contributed by atoms with Crippen molar-refractivity contribution in [2.24, 2.45) is 5.92 Å². The summed E-state index contributed by atoms with van der Waals surface area (Å²) >= 11 is 0. The number of benzene rings is 1. The Morgan fingerprint density at radius 1 is 1.43 bits per heavy atom. The van der Waals surface area contributed by atoms with Gasteiger partial charge in [-0.25, -0.2) is 4.98 Å². The van der Waals surface area contributed by atoms with Gasteiger partial charge in [0.1, 0.15) is 5.69 Å². The highest BCUT2D eigenvalue weighted by Gasteiger charge is 2.18. The van der Waals surface area contributed by atoms with Gasteiger partial charge >= 0.3 is 0 Å². The minimum atomic E-state index is -0.495. The molecule has 1 N–H and O–H groups in total. The predicted molar refractivity (Wildman–Crippen MR) is 86.6 cm³/mol. The predicted octanol–water partition coefficient (Wildman–Crippen LogP) is 2.95. The van der Waals surface area contributed by atoms with Crippen LogP contribution in [0.15, 0.2) is 36.9 Å². The molecule has 0 unspecified atom stereocenters. The van der Waals surface area contributed by atoms with Crippen LogP contribution >= 0.6 is 0 Å². The van der Waals surface area contributed by atoms with Gasteiger partial charge < -0.3 is 9.88 Å². The maximum atomic E-state index is 12.1. The third-order valence-electron chi connectivity index (χ3n) is 3.46. The Balaban J connectivity index is 2.13. The lowest BCUT2D eigenvalue weighted by Gasteiger charge is -2.08. The van der Waals surface area contributed by atoms with Gasteiger partial charge in [-0.2, -0.15) is 0 Å².